The number of carbonyl (C=O) groups is 2. The van der Waals surface area contributed by atoms with Gasteiger partial charge in [-0.3, -0.25) is 9.59 Å². The van der Waals surface area contributed by atoms with Gasteiger partial charge in [0.25, 0.3) is 0 Å². The molecule has 1 atom stereocenters. The van der Waals surface area contributed by atoms with Crippen molar-refractivity contribution in [2.24, 2.45) is 10.7 Å². The van der Waals surface area contributed by atoms with Gasteiger partial charge in [0.2, 0.25) is 0 Å². The van der Waals surface area contributed by atoms with Crippen LogP contribution in [0.1, 0.15) is 273 Å². The summed E-state index contributed by atoms with van der Waals surface area (Å²) in [5.41, 5.74) is 8.51. The van der Waals surface area contributed by atoms with Crippen molar-refractivity contribution in [3.63, 3.8) is 0 Å². The van der Waals surface area contributed by atoms with Crippen LogP contribution in [0.25, 0.3) is 0 Å². The third-order valence-electron chi connectivity index (χ3n) is 12.5. The number of esters is 2. The van der Waals surface area contributed by atoms with Crippen LogP contribution in [0, 0.1) is 0 Å². The maximum absolute atomic E-state index is 12.8. The van der Waals surface area contributed by atoms with E-state index in [-0.39, 0.29) is 18.0 Å². The summed E-state index contributed by atoms with van der Waals surface area (Å²) in [5, 5.41) is 0. The van der Waals surface area contributed by atoms with Crippen molar-refractivity contribution < 1.29 is 19.1 Å². The van der Waals surface area contributed by atoms with Gasteiger partial charge in [0, 0.05) is 36.9 Å². The number of carbonyl (C=O) groups excluding carboxylic acids is 2. The summed E-state index contributed by atoms with van der Waals surface area (Å²) in [7, 11) is 0. The van der Waals surface area contributed by atoms with Gasteiger partial charge in [-0.15, -0.1) is 0 Å². The number of hydrogen-bond acceptors (Lipinski definition) is 7. The van der Waals surface area contributed by atoms with E-state index in [1.54, 1.807) is 0 Å². The average Bonchev–Trinajstić information content (AvgIpc) is 3.30. The maximum atomic E-state index is 12.8. The van der Waals surface area contributed by atoms with E-state index < -0.39 is 0 Å². The molecule has 1 unspecified atom stereocenters. The first kappa shape index (κ1) is 64.5. The minimum absolute atomic E-state index is 0.00935. The number of nitrogens with zero attached hydrogens (tertiary/aromatic N) is 3. The monoisotopic (exact) mass is 915 g/mol. The summed E-state index contributed by atoms with van der Waals surface area (Å²) in [4.78, 5) is 34.2. The standard InChI is InChI=1S/C53H100N4O4.C4H10/c1-8-14-17-20-21-29-36-47-60-51(58)41-32-25-22-27-34-43-56(45-37-46-57(13-6)48(7)50(38-11-4)53(54)55-12-5)44-35-28-23-26-33-42-52(59)61-49(39-30-19-16-10-3)40-31-24-18-15-9-2;1-3-4-2/h12-13,49H,5-6,8-11,14-47H2,1-4,7H3,(H2,54,55);3-4H2,1-2H3/b50-48+;. The summed E-state index contributed by atoms with van der Waals surface area (Å²) in [6, 6.07) is 0. The number of nitrogens with two attached hydrogens (primary N) is 1. The van der Waals surface area contributed by atoms with Crippen molar-refractivity contribution in [1.29, 1.82) is 0 Å². The Bertz CT molecular complexity index is 1150. The zero-order valence-corrected chi connectivity index (χ0v) is 44.5. The van der Waals surface area contributed by atoms with Crippen LogP contribution in [0.15, 0.2) is 41.8 Å². The topological polar surface area (TPSA) is 97.5 Å². The fourth-order valence-corrected chi connectivity index (χ4v) is 8.16. The molecule has 0 aliphatic rings. The Kier molecular flexibility index (Phi) is 50.4. The largest absolute Gasteiger partial charge is 0.466 e. The molecule has 0 aromatic carbocycles. The first-order valence-electron chi connectivity index (χ1n) is 27.8. The SMILES string of the molecule is C=CN=C(N)/C(CCC)=C(\C)N(C=C)CCCN(CCCCCCCC(=O)OCCCCCCCCC)CCCCCCCC(=O)OC(CCCCCC)CCCCCCC.CCCC. The van der Waals surface area contributed by atoms with Crippen molar-refractivity contribution in [3.8, 4) is 0 Å². The van der Waals surface area contributed by atoms with Crippen molar-refractivity contribution in [1.82, 2.24) is 9.80 Å². The molecule has 0 aliphatic carbocycles. The van der Waals surface area contributed by atoms with Crippen LogP contribution < -0.4 is 5.73 Å². The molecular weight excluding hydrogens is 805 g/mol. The molecule has 382 valence electrons. The maximum Gasteiger partial charge on any atom is 0.306 e. The molecule has 0 saturated carbocycles. The smallest absolute Gasteiger partial charge is 0.306 e. The molecule has 0 saturated heterocycles. The Labute approximate surface area is 404 Å². The number of ether oxygens (including phenoxy) is 2. The molecule has 0 rings (SSSR count). The van der Waals surface area contributed by atoms with Crippen LogP contribution in [0.5, 0.6) is 0 Å². The summed E-state index contributed by atoms with van der Waals surface area (Å²) < 4.78 is 11.5. The van der Waals surface area contributed by atoms with Crippen LogP contribution in [0.3, 0.4) is 0 Å². The van der Waals surface area contributed by atoms with Crippen LogP contribution in [0.2, 0.25) is 0 Å². The zero-order valence-electron chi connectivity index (χ0n) is 44.5. The number of aliphatic imine (C=N–C) groups is 1. The molecule has 0 radical (unpaired) electrons. The Morgan fingerprint density at radius 1 is 0.523 bits per heavy atom. The molecule has 8 nitrogen and oxygen atoms in total. The Hall–Kier alpha value is -2.61. The van der Waals surface area contributed by atoms with E-state index in [4.69, 9.17) is 15.2 Å². The molecule has 0 spiro atoms. The van der Waals surface area contributed by atoms with Crippen LogP contribution in [-0.4, -0.2) is 66.5 Å². The number of hydrogen-bond donors (Lipinski definition) is 1. The zero-order chi connectivity index (χ0) is 48.4. The van der Waals surface area contributed by atoms with Gasteiger partial charge >= 0.3 is 11.9 Å². The third kappa shape index (κ3) is 42.5. The van der Waals surface area contributed by atoms with Crippen LogP contribution in [0.4, 0.5) is 0 Å². The molecule has 0 amide bonds. The third-order valence-corrected chi connectivity index (χ3v) is 12.5. The molecule has 2 N–H and O–H groups in total. The Balaban J connectivity index is 0. The lowest BCUT2D eigenvalue weighted by molar-refractivity contribution is -0.150. The second-order valence-corrected chi connectivity index (χ2v) is 18.6. The van der Waals surface area contributed by atoms with E-state index >= 15 is 0 Å². The van der Waals surface area contributed by atoms with E-state index in [0.29, 0.717) is 25.3 Å². The summed E-state index contributed by atoms with van der Waals surface area (Å²) in [6.07, 6.45) is 43.0. The van der Waals surface area contributed by atoms with Crippen molar-refractivity contribution >= 4 is 17.8 Å². The van der Waals surface area contributed by atoms with E-state index in [1.807, 2.05) is 6.20 Å². The van der Waals surface area contributed by atoms with Gasteiger partial charge in [-0.2, -0.15) is 0 Å². The Morgan fingerprint density at radius 3 is 1.46 bits per heavy atom. The van der Waals surface area contributed by atoms with Gasteiger partial charge < -0.3 is 25.0 Å². The predicted molar refractivity (Wildman–Crippen MR) is 284 cm³/mol. The van der Waals surface area contributed by atoms with Crippen molar-refractivity contribution in [2.45, 2.75) is 279 Å². The van der Waals surface area contributed by atoms with E-state index in [2.05, 4.69) is 76.4 Å². The number of amidine groups is 1. The van der Waals surface area contributed by atoms with Gasteiger partial charge in [-0.1, -0.05) is 196 Å². The highest BCUT2D eigenvalue weighted by atomic mass is 16.5. The highest BCUT2D eigenvalue weighted by Crippen LogP contribution is 2.20. The lowest BCUT2D eigenvalue weighted by Crippen LogP contribution is -2.30. The summed E-state index contributed by atoms with van der Waals surface area (Å²) in [5.74, 6) is 0.518. The van der Waals surface area contributed by atoms with E-state index in [9.17, 15) is 9.59 Å². The highest BCUT2D eigenvalue weighted by Gasteiger charge is 2.15. The van der Waals surface area contributed by atoms with Crippen molar-refractivity contribution in [2.75, 3.05) is 32.8 Å². The van der Waals surface area contributed by atoms with E-state index in [0.717, 1.165) is 121 Å². The molecular formula is C57H110N4O4. The highest BCUT2D eigenvalue weighted by molar-refractivity contribution is 5.97. The van der Waals surface area contributed by atoms with Crippen LogP contribution in [-0.2, 0) is 19.1 Å². The fourth-order valence-electron chi connectivity index (χ4n) is 8.16. The van der Waals surface area contributed by atoms with Gasteiger partial charge in [0.1, 0.15) is 11.9 Å². The molecule has 65 heavy (non-hydrogen) atoms. The molecule has 0 heterocycles. The summed E-state index contributed by atoms with van der Waals surface area (Å²) in [6.45, 7) is 27.9. The summed E-state index contributed by atoms with van der Waals surface area (Å²) >= 11 is 0. The van der Waals surface area contributed by atoms with Gasteiger partial charge in [-0.05, 0) is 103 Å². The normalized spacial score (nSPS) is 12.3. The number of allylic oxidation sites excluding steroid dienone is 1. The minimum atomic E-state index is -0.0291. The second-order valence-electron chi connectivity index (χ2n) is 18.6. The van der Waals surface area contributed by atoms with Gasteiger partial charge in [0.05, 0.1) is 6.61 Å². The molecule has 0 aliphatic heterocycles. The quantitative estimate of drug-likeness (QED) is 0.0281. The molecule has 0 aromatic heterocycles. The predicted octanol–water partition coefficient (Wildman–Crippen LogP) is 16.7. The second kappa shape index (κ2) is 50.8. The van der Waals surface area contributed by atoms with Gasteiger partial charge in [0.15, 0.2) is 0 Å². The molecule has 8 heteroatoms. The Morgan fingerprint density at radius 2 is 0.969 bits per heavy atom. The van der Waals surface area contributed by atoms with Crippen molar-refractivity contribution in [3.05, 3.63) is 36.8 Å². The lowest BCUT2D eigenvalue weighted by Gasteiger charge is -2.27. The lowest BCUT2D eigenvalue weighted by atomic mass is 10.0. The fraction of sp³-hybridized carbons (Fsp3) is 0.842. The average molecular weight is 916 g/mol. The number of rotatable bonds is 47. The van der Waals surface area contributed by atoms with Crippen LogP contribution >= 0.6 is 0 Å². The molecule has 0 bridgehead atoms. The van der Waals surface area contributed by atoms with Gasteiger partial charge in [-0.25, -0.2) is 4.99 Å². The number of unbranched alkanes of at least 4 members (excludes halogenated alkanes) is 22. The first-order valence-corrected chi connectivity index (χ1v) is 27.8. The first-order chi connectivity index (χ1) is 31.7. The minimum Gasteiger partial charge on any atom is -0.466 e. The molecule has 0 aromatic rings. The molecule has 0 fully saturated rings. The van der Waals surface area contributed by atoms with E-state index in [1.165, 1.54) is 135 Å².